The zero-order valence-corrected chi connectivity index (χ0v) is 22.4. The van der Waals surface area contributed by atoms with Crippen molar-refractivity contribution in [2.75, 3.05) is 6.61 Å². The highest BCUT2D eigenvalue weighted by Gasteiger charge is 2.48. The number of phenols is 5. The number of hydrogen-bond acceptors (Lipinski definition) is 15. The van der Waals surface area contributed by atoms with Crippen LogP contribution in [0.15, 0.2) is 30.0 Å². The molecular weight excluding hydrogens is 580 g/mol. The van der Waals surface area contributed by atoms with E-state index in [-0.39, 0.29) is 28.4 Å². The van der Waals surface area contributed by atoms with Gasteiger partial charge in [-0.25, -0.2) is 0 Å². The number of aromatic hydroxyl groups is 6. The molecular formula is C27H33O16+. The van der Waals surface area contributed by atoms with Gasteiger partial charge < -0.3 is 79.9 Å². The molecule has 0 aromatic heterocycles. The lowest BCUT2D eigenvalue weighted by Crippen LogP contribution is -2.61. The maximum atomic E-state index is 10.7. The molecule has 16 nitrogen and oxygen atoms in total. The van der Waals surface area contributed by atoms with Crippen LogP contribution in [0.5, 0.6) is 34.5 Å². The van der Waals surface area contributed by atoms with E-state index in [1.165, 1.54) is 19.1 Å². The Morgan fingerprint density at radius 3 is 2.02 bits per heavy atom. The molecule has 2 saturated heterocycles. The molecule has 3 aliphatic heterocycles. The Morgan fingerprint density at radius 2 is 1.35 bits per heavy atom. The molecule has 2 aromatic carbocycles. The first-order chi connectivity index (χ1) is 20.3. The van der Waals surface area contributed by atoms with Crippen LogP contribution < -0.4 is 0 Å². The predicted molar refractivity (Wildman–Crippen MR) is 140 cm³/mol. The van der Waals surface area contributed by atoms with E-state index in [4.69, 9.17) is 18.9 Å². The molecule has 236 valence electrons. The molecule has 0 spiro atoms. The Bertz CT molecular complexity index is 1340. The minimum Gasteiger partial charge on any atom is -0.571 e. The van der Waals surface area contributed by atoms with Crippen LogP contribution in [0.1, 0.15) is 24.2 Å². The van der Waals surface area contributed by atoms with Crippen molar-refractivity contribution < 1.29 is 79.9 Å². The molecule has 12 N–H and O–H groups in total. The van der Waals surface area contributed by atoms with Gasteiger partial charge in [-0.1, -0.05) is 0 Å². The van der Waals surface area contributed by atoms with E-state index in [1.54, 1.807) is 0 Å². The topological polar surface area (TPSA) is 272 Å². The molecule has 3 heterocycles. The van der Waals surface area contributed by atoms with E-state index < -0.39 is 97.1 Å². The summed E-state index contributed by atoms with van der Waals surface area (Å²) in [7, 11) is 0. The summed E-state index contributed by atoms with van der Waals surface area (Å²) in [6, 6.07) is 4.42. The lowest BCUT2D eigenvalue weighted by atomic mass is 9.98. The molecule has 5 rings (SSSR count). The van der Waals surface area contributed by atoms with Crippen molar-refractivity contribution in [1.29, 1.82) is 0 Å². The van der Waals surface area contributed by atoms with Gasteiger partial charge in [-0.3, -0.25) is 0 Å². The van der Waals surface area contributed by atoms with Gasteiger partial charge in [0.1, 0.15) is 59.8 Å². The van der Waals surface area contributed by atoms with Gasteiger partial charge in [0.05, 0.1) is 24.3 Å². The fourth-order valence-corrected chi connectivity index (χ4v) is 5.03. The predicted octanol–water partition coefficient (Wildman–Crippen LogP) is -1.78. The molecule has 2 fully saturated rings. The average molecular weight is 614 g/mol. The summed E-state index contributed by atoms with van der Waals surface area (Å²) in [5.41, 5.74) is 0.150. The summed E-state index contributed by atoms with van der Waals surface area (Å²) >= 11 is 0. The molecule has 1 unspecified atom stereocenters. The fourth-order valence-electron chi connectivity index (χ4n) is 5.03. The van der Waals surface area contributed by atoms with Crippen LogP contribution >= 0.6 is 0 Å². The van der Waals surface area contributed by atoms with Crippen molar-refractivity contribution in [2.45, 2.75) is 74.4 Å². The van der Waals surface area contributed by atoms with E-state index in [1.807, 2.05) is 0 Å². The normalized spacial score (nSPS) is 35.9. The van der Waals surface area contributed by atoms with E-state index in [0.717, 1.165) is 18.2 Å². The molecule has 16 heteroatoms. The van der Waals surface area contributed by atoms with Crippen LogP contribution in [-0.4, -0.2) is 129 Å². The van der Waals surface area contributed by atoms with E-state index >= 15 is 0 Å². The minimum atomic E-state index is -1.85. The summed E-state index contributed by atoms with van der Waals surface area (Å²) < 4.78 is 26.8. The highest BCUT2D eigenvalue weighted by atomic mass is 16.7. The first kappa shape index (κ1) is 30.9. The second kappa shape index (κ2) is 11.8. The molecule has 3 aliphatic rings. The van der Waals surface area contributed by atoms with Gasteiger partial charge in [-0.2, -0.15) is 0 Å². The largest absolute Gasteiger partial charge is 0.571 e. The van der Waals surface area contributed by atoms with Gasteiger partial charge in [0.15, 0.2) is 29.3 Å². The number of ether oxygens (including phenoxy) is 5. The van der Waals surface area contributed by atoms with Crippen LogP contribution in [0.4, 0.5) is 0 Å². The number of rotatable bonds is 6. The van der Waals surface area contributed by atoms with Crippen LogP contribution in [0.25, 0.3) is 6.08 Å². The fraction of sp³-hybridized carbons (Fsp3) is 0.481. The van der Waals surface area contributed by atoms with Gasteiger partial charge in [0, 0.05) is 12.1 Å². The second-order valence-electron chi connectivity index (χ2n) is 10.5. The first-order valence-electron chi connectivity index (χ1n) is 13.2. The van der Waals surface area contributed by atoms with Crippen LogP contribution in [0, 0.1) is 0 Å². The van der Waals surface area contributed by atoms with Gasteiger partial charge in [-0.15, -0.1) is 0 Å². The summed E-state index contributed by atoms with van der Waals surface area (Å²) in [5.74, 6) is -2.97. The Balaban J connectivity index is 1.41. The van der Waals surface area contributed by atoms with Gasteiger partial charge >= 0.3 is 0 Å². The summed E-state index contributed by atoms with van der Waals surface area (Å²) in [6.45, 7) is 0.897. The average Bonchev–Trinajstić information content (AvgIpc) is 2.96. The van der Waals surface area contributed by atoms with E-state index in [0.29, 0.717) is 0 Å². The lowest BCUT2D eigenvalue weighted by molar-refractivity contribution is -0.325. The smallest absolute Gasteiger partial charge is 0.270 e. The molecule has 43 heavy (non-hydrogen) atoms. The summed E-state index contributed by atoms with van der Waals surface area (Å²) in [6.07, 6.45) is -15.4. The van der Waals surface area contributed by atoms with Crippen molar-refractivity contribution in [2.24, 2.45) is 0 Å². The molecule has 0 radical (unpaired) electrons. The monoisotopic (exact) mass is 613 g/mol. The number of aliphatic hydroxyl groups excluding tert-OH is 6. The highest BCUT2D eigenvalue weighted by molar-refractivity contribution is 5.69. The Labute approximate surface area is 243 Å². The maximum Gasteiger partial charge on any atom is 0.270 e. The zero-order chi connectivity index (χ0) is 31.3. The number of benzene rings is 2. The molecule has 0 saturated carbocycles. The van der Waals surface area contributed by atoms with Gasteiger partial charge in [0.2, 0.25) is 6.29 Å². The molecule has 0 aliphatic carbocycles. The van der Waals surface area contributed by atoms with E-state index in [9.17, 15) is 56.2 Å². The number of phenolic OH excluding ortho intramolecular Hbond substituents is 5. The molecule has 2 aromatic rings. The quantitative estimate of drug-likeness (QED) is 0.127. The third-order valence-corrected chi connectivity index (χ3v) is 7.51. The summed E-state index contributed by atoms with van der Waals surface area (Å²) in [4.78, 5) is 0. The SMILES string of the molecule is C[C@@H]1O[C@@H](OC[C@H]2O[C@@H](OC3=Cc4c(O)cc(O)cc4[OH+]C3c3cc(O)c(O)c(O)c3)[C@H](O)[C@@H](O)[C@@H]2O)[C@@H](O)[C@@H](O)[C@H]1O. The molecule has 0 bridgehead atoms. The van der Waals surface area contributed by atoms with Crippen molar-refractivity contribution in [3.05, 3.63) is 41.2 Å². The van der Waals surface area contributed by atoms with Crippen LogP contribution in [-0.2, 0) is 18.9 Å². The number of aliphatic hydroxyl groups is 7. The second-order valence-corrected chi connectivity index (χ2v) is 10.5. The van der Waals surface area contributed by atoms with Gasteiger partial charge in [0.25, 0.3) is 11.9 Å². The van der Waals surface area contributed by atoms with Crippen molar-refractivity contribution in [3.63, 3.8) is 0 Å². The maximum absolute atomic E-state index is 10.7. The standard InChI is InChI=1S/C27H32O16/c1-8-18(32)21(35)23(37)26(40-8)39-7-17-20(34)22(36)24(38)27(43-17)42-16-6-11-12(29)4-10(28)5-15(11)41-25(16)9-2-13(30)19(33)14(31)3-9/h2-6,8,17-18,20-38H,7H2,1H3/p+1/t8-,17+,18-,20+,21-,22-,23-,24+,25?,26+,27+/m0/s1. The number of fused-ring (bicyclic) bond motifs is 1. The van der Waals surface area contributed by atoms with Crippen LogP contribution in [0.2, 0.25) is 0 Å². The van der Waals surface area contributed by atoms with Gasteiger partial charge in [-0.05, 0) is 19.1 Å². The van der Waals surface area contributed by atoms with Crippen molar-refractivity contribution in [1.82, 2.24) is 0 Å². The highest BCUT2D eigenvalue weighted by Crippen LogP contribution is 2.47. The van der Waals surface area contributed by atoms with Crippen molar-refractivity contribution >= 4 is 6.08 Å². The van der Waals surface area contributed by atoms with E-state index in [2.05, 4.69) is 4.74 Å². The third kappa shape index (κ3) is 5.84. The minimum absolute atomic E-state index is 0.0663. The lowest BCUT2D eigenvalue weighted by Gasteiger charge is -2.42. The molecule has 0 amide bonds. The Kier molecular flexibility index (Phi) is 8.50. The first-order valence-corrected chi connectivity index (χ1v) is 13.2. The third-order valence-electron chi connectivity index (χ3n) is 7.51. The summed E-state index contributed by atoms with van der Waals surface area (Å²) in [5, 5.41) is 112. The zero-order valence-electron chi connectivity index (χ0n) is 22.4. The Morgan fingerprint density at radius 1 is 0.721 bits per heavy atom. The Hall–Kier alpha value is -3.58. The number of hydrogen-bond donors (Lipinski definition) is 11. The van der Waals surface area contributed by atoms with Crippen LogP contribution in [0.3, 0.4) is 0 Å². The molecule has 11 atom stereocenters. The van der Waals surface area contributed by atoms with Crippen molar-refractivity contribution in [3.8, 4) is 34.5 Å².